The van der Waals surface area contributed by atoms with Gasteiger partial charge in [-0.1, -0.05) is 45.9 Å². The fraction of sp³-hybridized carbons (Fsp3) is 0.318. The van der Waals surface area contributed by atoms with Crippen molar-refractivity contribution in [3.05, 3.63) is 64.9 Å². The van der Waals surface area contributed by atoms with E-state index in [1.165, 1.54) is 33.4 Å². The van der Waals surface area contributed by atoms with Crippen LogP contribution in [0, 0.1) is 6.92 Å². The molecule has 124 valence electrons. The molecule has 3 aromatic rings. The van der Waals surface area contributed by atoms with Gasteiger partial charge in [0.1, 0.15) is 5.82 Å². The van der Waals surface area contributed by atoms with Crippen molar-refractivity contribution in [2.75, 3.05) is 0 Å². The van der Waals surface area contributed by atoms with Crippen LogP contribution >= 0.6 is 0 Å². The van der Waals surface area contributed by atoms with Gasteiger partial charge in [-0.25, -0.2) is 9.97 Å². The van der Waals surface area contributed by atoms with Crippen LogP contribution < -0.4 is 0 Å². The lowest BCUT2D eigenvalue weighted by atomic mass is 9.77. The lowest BCUT2D eigenvalue weighted by molar-refractivity contribution is 0.627. The normalized spacial score (nSPS) is 17.6. The Hall–Kier alpha value is -2.55. The zero-order valence-corrected chi connectivity index (χ0v) is 15.3. The molecule has 0 aliphatic heterocycles. The Bertz CT molecular complexity index is 1060. The summed E-state index contributed by atoms with van der Waals surface area (Å²) in [5.41, 5.74) is 9.86. The average Bonchev–Trinajstić information content (AvgIpc) is 2.95. The number of aryl methyl sites for hydroxylation is 1. The maximum atomic E-state index is 4.82. The van der Waals surface area contributed by atoms with E-state index in [9.17, 15) is 0 Å². The van der Waals surface area contributed by atoms with Crippen LogP contribution in [0.2, 0.25) is 0 Å². The molecule has 2 aromatic heterocycles. The summed E-state index contributed by atoms with van der Waals surface area (Å²) in [6.45, 7) is 11.1. The Labute approximate surface area is 148 Å². The van der Waals surface area contributed by atoms with Crippen LogP contribution in [0.25, 0.3) is 22.4 Å². The van der Waals surface area contributed by atoms with Gasteiger partial charge in [-0.3, -0.25) is 4.98 Å². The quantitative estimate of drug-likeness (QED) is 0.596. The van der Waals surface area contributed by atoms with Gasteiger partial charge in [0.2, 0.25) is 0 Å². The van der Waals surface area contributed by atoms with E-state index in [-0.39, 0.29) is 10.8 Å². The molecule has 25 heavy (non-hydrogen) atoms. The number of nitrogens with zero attached hydrogens (tertiary/aromatic N) is 3. The van der Waals surface area contributed by atoms with E-state index in [0.717, 1.165) is 17.2 Å². The zero-order valence-electron chi connectivity index (χ0n) is 15.3. The van der Waals surface area contributed by atoms with Crippen molar-refractivity contribution in [1.29, 1.82) is 0 Å². The predicted molar refractivity (Wildman–Crippen MR) is 99.7 cm³/mol. The maximum Gasteiger partial charge on any atom is 0.125 e. The molecule has 1 aromatic carbocycles. The van der Waals surface area contributed by atoms with E-state index in [1.54, 1.807) is 0 Å². The number of hydrogen-bond acceptors (Lipinski definition) is 3. The second-order valence-electron chi connectivity index (χ2n) is 8.24. The highest BCUT2D eigenvalue weighted by Crippen LogP contribution is 2.57. The first-order valence-corrected chi connectivity index (χ1v) is 8.82. The van der Waals surface area contributed by atoms with E-state index in [1.807, 2.05) is 25.4 Å². The molecule has 0 saturated carbocycles. The van der Waals surface area contributed by atoms with Crippen LogP contribution in [0.4, 0.5) is 0 Å². The van der Waals surface area contributed by atoms with Crippen molar-refractivity contribution < 1.29 is 0 Å². The van der Waals surface area contributed by atoms with Crippen LogP contribution in [0.1, 0.15) is 55.9 Å². The van der Waals surface area contributed by atoms with Crippen molar-refractivity contribution in [2.24, 2.45) is 0 Å². The van der Waals surface area contributed by atoms with Gasteiger partial charge in [0, 0.05) is 34.4 Å². The summed E-state index contributed by atoms with van der Waals surface area (Å²) in [7, 11) is 0. The number of aromatic nitrogens is 3. The molecule has 0 bridgehead atoms. The van der Waals surface area contributed by atoms with Crippen LogP contribution in [0.5, 0.6) is 0 Å². The molecule has 0 fully saturated rings. The lowest BCUT2D eigenvalue weighted by Gasteiger charge is -2.25. The molecule has 3 heteroatoms. The second kappa shape index (κ2) is 4.34. The van der Waals surface area contributed by atoms with Gasteiger partial charge < -0.3 is 0 Å². The molecular formula is C22H21N3. The summed E-state index contributed by atoms with van der Waals surface area (Å²) >= 11 is 0. The van der Waals surface area contributed by atoms with E-state index in [4.69, 9.17) is 9.97 Å². The minimum absolute atomic E-state index is 0.0765. The van der Waals surface area contributed by atoms with Crippen molar-refractivity contribution in [3.8, 4) is 22.4 Å². The first kappa shape index (κ1) is 14.8. The highest BCUT2D eigenvalue weighted by Gasteiger charge is 2.45. The van der Waals surface area contributed by atoms with Crippen molar-refractivity contribution >= 4 is 0 Å². The van der Waals surface area contributed by atoms with Gasteiger partial charge in [0.05, 0.1) is 11.4 Å². The third-order valence-electron chi connectivity index (χ3n) is 6.01. The number of pyridine rings is 1. The van der Waals surface area contributed by atoms with Crippen molar-refractivity contribution in [3.63, 3.8) is 0 Å². The smallest absolute Gasteiger partial charge is 0.125 e. The fourth-order valence-electron chi connectivity index (χ4n) is 4.77. The predicted octanol–water partition coefficient (Wildman–Crippen LogP) is 4.79. The molecule has 0 N–H and O–H groups in total. The molecule has 0 saturated heterocycles. The molecule has 2 aliphatic carbocycles. The van der Waals surface area contributed by atoms with Gasteiger partial charge in [-0.15, -0.1) is 0 Å². The first-order chi connectivity index (χ1) is 11.8. The van der Waals surface area contributed by atoms with Gasteiger partial charge >= 0.3 is 0 Å². The molecule has 2 heterocycles. The van der Waals surface area contributed by atoms with Gasteiger partial charge in [0.15, 0.2) is 0 Å². The van der Waals surface area contributed by atoms with Gasteiger partial charge in [-0.05, 0) is 35.2 Å². The summed E-state index contributed by atoms with van der Waals surface area (Å²) in [6, 6.07) is 8.77. The van der Waals surface area contributed by atoms with Gasteiger partial charge in [0.25, 0.3) is 0 Å². The minimum Gasteiger partial charge on any atom is -0.256 e. The summed E-state index contributed by atoms with van der Waals surface area (Å²) in [5.74, 6) is 0.834. The Kier molecular flexibility index (Phi) is 2.56. The summed E-state index contributed by atoms with van der Waals surface area (Å²) in [4.78, 5) is 14.0. The Morgan fingerprint density at radius 3 is 2.44 bits per heavy atom. The molecule has 0 spiro atoms. The minimum atomic E-state index is -0.105. The third-order valence-corrected chi connectivity index (χ3v) is 6.01. The fourth-order valence-corrected chi connectivity index (χ4v) is 4.77. The summed E-state index contributed by atoms with van der Waals surface area (Å²) in [5, 5.41) is 0. The number of benzene rings is 1. The molecule has 0 unspecified atom stereocenters. The van der Waals surface area contributed by atoms with E-state index in [0.29, 0.717) is 0 Å². The molecule has 2 aliphatic rings. The Morgan fingerprint density at radius 1 is 0.840 bits per heavy atom. The Balaban J connectivity index is 1.93. The molecule has 0 radical (unpaired) electrons. The summed E-state index contributed by atoms with van der Waals surface area (Å²) in [6.07, 6.45) is 3.90. The van der Waals surface area contributed by atoms with Crippen molar-refractivity contribution in [2.45, 2.75) is 45.4 Å². The van der Waals surface area contributed by atoms with E-state index >= 15 is 0 Å². The van der Waals surface area contributed by atoms with Crippen LogP contribution in [-0.4, -0.2) is 15.0 Å². The third kappa shape index (κ3) is 1.63. The molecule has 5 rings (SSSR count). The lowest BCUT2D eigenvalue weighted by Crippen LogP contribution is -2.19. The van der Waals surface area contributed by atoms with Crippen LogP contribution in [0.3, 0.4) is 0 Å². The number of rotatable bonds is 0. The van der Waals surface area contributed by atoms with E-state index < -0.39 is 0 Å². The summed E-state index contributed by atoms with van der Waals surface area (Å²) < 4.78 is 0. The molecular weight excluding hydrogens is 306 g/mol. The van der Waals surface area contributed by atoms with E-state index in [2.05, 4.69) is 50.9 Å². The molecule has 0 amide bonds. The first-order valence-electron chi connectivity index (χ1n) is 8.82. The molecule has 0 atom stereocenters. The topological polar surface area (TPSA) is 38.7 Å². The van der Waals surface area contributed by atoms with Crippen molar-refractivity contribution in [1.82, 2.24) is 15.0 Å². The molecule has 3 nitrogen and oxygen atoms in total. The number of hydrogen-bond donors (Lipinski definition) is 0. The SMILES string of the molecule is Cc1ncc2c(n1)C(C)(C)c1ccc3c(c1-2)C(C)(C)c1cccnc1-3. The standard InChI is InChI=1S/C22H21N3/c1-12-24-11-14-17-15(22(4,5)20(14)25-12)9-8-13-18(17)21(2,3)16-7-6-10-23-19(13)16/h6-11H,1-5H3. The average molecular weight is 327 g/mol. The second-order valence-corrected chi connectivity index (χ2v) is 8.24. The maximum absolute atomic E-state index is 4.82. The highest BCUT2D eigenvalue weighted by atomic mass is 14.9. The van der Waals surface area contributed by atoms with Crippen LogP contribution in [-0.2, 0) is 10.8 Å². The Morgan fingerprint density at radius 2 is 1.64 bits per heavy atom. The van der Waals surface area contributed by atoms with Gasteiger partial charge in [-0.2, -0.15) is 0 Å². The zero-order chi connectivity index (χ0) is 17.6. The van der Waals surface area contributed by atoms with Crippen LogP contribution in [0.15, 0.2) is 36.7 Å². The largest absolute Gasteiger partial charge is 0.256 e. The highest BCUT2D eigenvalue weighted by molar-refractivity contribution is 5.92. The number of fused-ring (bicyclic) bond motifs is 7. The monoisotopic (exact) mass is 327 g/mol.